The summed E-state index contributed by atoms with van der Waals surface area (Å²) in [4.78, 5) is 4.86. The molecule has 3 N–H and O–H groups in total. The van der Waals surface area contributed by atoms with Gasteiger partial charge in [-0.05, 0) is 23.4 Å². The van der Waals surface area contributed by atoms with Gasteiger partial charge >= 0.3 is 0 Å². The van der Waals surface area contributed by atoms with Gasteiger partial charge in [0.1, 0.15) is 5.75 Å². The number of hydrogen-bond donors (Lipinski definition) is 2. The van der Waals surface area contributed by atoms with Crippen LogP contribution < -0.4 is 5.73 Å². The van der Waals surface area contributed by atoms with E-state index in [1.165, 1.54) is 0 Å². The van der Waals surface area contributed by atoms with Gasteiger partial charge in [0.2, 0.25) is 0 Å². The molecular weight excluding hydrogens is 274 g/mol. The minimum absolute atomic E-state index is 0.0742. The highest BCUT2D eigenvalue weighted by Gasteiger charge is 2.26. The molecule has 1 aliphatic rings. The van der Waals surface area contributed by atoms with Crippen LogP contribution in [0.1, 0.15) is 18.5 Å². The first-order chi connectivity index (χ1) is 10.7. The molecular formula is C18H25N3O. The van der Waals surface area contributed by atoms with Crippen molar-refractivity contribution in [3.8, 4) is 5.75 Å². The van der Waals surface area contributed by atoms with Crippen LogP contribution >= 0.6 is 0 Å². The monoisotopic (exact) mass is 299 g/mol. The van der Waals surface area contributed by atoms with Crippen molar-refractivity contribution in [1.29, 1.82) is 0 Å². The second-order valence-electron chi connectivity index (χ2n) is 5.94. The zero-order valence-electron chi connectivity index (χ0n) is 13.2. The Morgan fingerprint density at radius 3 is 2.50 bits per heavy atom. The minimum atomic E-state index is 0.0742. The molecule has 0 bridgehead atoms. The summed E-state index contributed by atoms with van der Waals surface area (Å²) >= 11 is 0. The number of nitrogens with two attached hydrogens (primary N) is 1. The molecule has 118 valence electrons. The number of phenolic OH excluding ortho intramolecular Hbond substituents is 1. The molecule has 1 atom stereocenters. The van der Waals surface area contributed by atoms with Crippen LogP contribution in [-0.4, -0.2) is 54.2 Å². The quantitative estimate of drug-likeness (QED) is 0.908. The highest BCUT2D eigenvalue weighted by molar-refractivity contribution is 5.88. The lowest BCUT2D eigenvalue weighted by molar-refractivity contribution is 0.101. The normalized spacial score (nSPS) is 18.6. The standard InChI is InChI=1S/C18H25N3O/c1-2-20-9-11-21(12-10-20)16(13-19)18-15-6-4-3-5-14(15)7-8-17(18)22/h3-8,16,22H,2,9-13,19H2,1H3. The lowest BCUT2D eigenvalue weighted by Gasteiger charge is -2.39. The third-order valence-corrected chi connectivity index (χ3v) is 4.80. The Kier molecular flexibility index (Phi) is 4.62. The number of rotatable bonds is 4. The van der Waals surface area contributed by atoms with E-state index in [0.29, 0.717) is 12.3 Å². The molecule has 0 radical (unpaired) electrons. The third-order valence-electron chi connectivity index (χ3n) is 4.80. The van der Waals surface area contributed by atoms with E-state index < -0.39 is 0 Å². The second kappa shape index (κ2) is 6.65. The Bertz CT molecular complexity index is 635. The molecule has 0 amide bonds. The van der Waals surface area contributed by atoms with Crippen molar-refractivity contribution in [2.24, 2.45) is 5.73 Å². The lowest BCUT2D eigenvalue weighted by atomic mass is 9.96. The van der Waals surface area contributed by atoms with Crippen LogP contribution in [0.5, 0.6) is 5.75 Å². The van der Waals surface area contributed by atoms with Crippen molar-refractivity contribution in [2.75, 3.05) is 39.3 Å². The second-order valence-corrected chi connectivity index (χ2v) is 5.94. The Balaban J connectivity index is 1.95. The number of nitrogens with zero attached hydrogens (tertiary/aromatic N) is 2. The molecule has 1 aliphatic heterocycles. The fraction of sp³-hybridized carbons (Fsp3) is 0.444. The van der Waals surface area contributed by atoms with Crippen molar-refractivity contribution in [1.82, 2.24) is 9.80 Å². The molecule has 4 heteroatoms. The lowest BCUT2D eigenvalue weighted by Crippen LogP contribution is -2.48. The van der Waals surface area contributed by atoms with Crippen LogP contribution in [0.3, 0.4) is 0 Å². The molecule has 1 saturated heterocycles. The molecule has 4 nitrogen and oxygen atoms in total. The minimum Gasteiger partial charge on any atom is -0.508 e. The maximum Gasteiger partial charge on any atom is 0.121 e. The molecule has 0 saturated carbocycles. The van der Waals surface area contributed by atoms with Crippen molar-refractivity contribution in [3.63, 3.8) is 0 Å². The Morgan fingerprint density at radius 2 is 1.82 bits per heavy atom. The number of aromatic hydroxyl groups is 1. The first-order valence-electron chi connectivity index (χ1n) is 8.11. The van der Waals surface area contributed by atoms with Crippen molar-refractivity contribution in [3.05, 3.63) is 42.0 Å². The fourth-order valence-electron chi connectivity index (χ4n) is 3.48. The van der Waals surface area contributed by atoms with E-state index in [1.54, 1.807) is 6.07 Å². The van der Waals surface area contributed by atoms with E-state index in [-0.39, 0.29) is 6.04 Å². The smallest absolute Gasteiger partial charge is 0.121 e. The molecule has 1 heterocycles. The zero-order valence-corrected chi connectivity index (χ0v) is 13.2. The summed E-state index contributed by atoms with van der Waals surface area (Å²) in [6.45, 7) is 7.95. The summed E-state index contributed by atoms with van der Waals surface area (Å²) in [5.74, 6) is 0.354. The fourth-order valence-corrected chi connectivity index (χ4v) is 3.48. The van der Waals surface area contributed by atoms with Crippen LogP contribution in [-0.2, 0) is 0 Å². The van der Waals surface area contributed by atoms with Gasteiger partial charge in [0.25, 0.3) is 0 Å². The van der Waals surface area contributed by atoms with E-state index >= 15 is 0 Å². The first-order valence-corrected chi connectivity index (χ1v) is 8.11. The van der Waals surface area contributed by atoms with Gasteiger partial charge in [-0.15, -0.1) is 0 Å². The van der Waals surface area contributed by atoms with E-state index in [1.807, 2.05) is 18.2 Å². The summed E-state index contributed by atoms with van der Waals surface area (Å²) in [7, 11) is 0. The summed E-state index contributed by atoms with van der Waals surface area (Å²) in [6.07, 6.45) is 0. The number of fused-ring (bicyclic) bond motifs is 1. The van der Waals surface area contributed by atoms with Crippen molar-refractivity contribution < 1.29 is 5.11 Å². The van der Waals surface area contributed by atoms with Gasteiger partial charge in [-0.25, -0.2) is 0 Å². The van der Waals surface area contributed by atoms with Gasteiger partial charge in [-0.2, -0.15) is 0 Å². The maximum absolute atomic E-state index is 10.4. The largest absolute Gasteiger partial charge is 0.508 e. The van der Waals surface area contributed by atoms with E-state index in [9.17, 15) is 5.11 Å². The zero-order chi connectivity index (χ0) is 15.5. The predicted molar refractivity (Wildman–Crippen MR) is 91.1 cm³/mol. The van der Waals surface area contributed by atoms with Crippen LogP contribution in [0.2, 0.25) is 0 Å². The van der Waals surface area contributed by atoms with Gasteiger partial charge in [0.05, 0.1) is 6.04 Å². The van der Waals surface area contributed by atoms with Crippen LogP contribution in [0, 0.1) is 0 Å². The number of phenols is 1. The Hall–Kier alpha value is -1.62. The molecule has 2 aromatic carbocycles. The number of likely N-dealkylation sites (N-methyl/N-ethyl adjacent to an activating group) is 1. The average Bonchev–Trinajstić information content (AvgIpc) is 2.58. The van der Waals surface area contributed by atoms with Crippen LogP contribution in [0.25, 0.3) is 10.8 Å². The molecule has 1 fully saturated rings. The van der Waals surface area contributed by atoms with Crippen LogP contribution in [0.15, 0.2) is 36.4 Å². The Morgan fingerprint density at radius 1 is 1.09 bits per heavy atom. The summed E-state index contributed by atoms with van der Waals surface area (Å²) in [5, 5.41) is 12.7. The van der Waals surface area contributed by atoms with Crippen molar-refractivity contribution in [2.45, 2.75) is 13.0 Å². The first kappa shape index (κ1) is 15.3. The van der Waals surface area contributed by atoms with Gasteiger partial charge in [-0.1, -0.05) is 37.3 Å². The van der Waals surface area contributed by atoms with E-state index in [2.05, 4.69) is 28.9 Å². The maximum atomic E-state index is 10.4. The SMILES string of the molecule is CCN1CCN(C(CN)c2c(O)ccc3ccccc23)CC1. The molecule has 0 spiro atoms. The third kappa shape index (κ3) is 2.82. The summed E-state index contributed by atoms with van der Waals surface area (Å²) in [6, 6.07) is 12.1. The number of hydrogen-bond acceptors (Lipinski definition) is 4. The molecule has 0 aromatic heterocycles. The molecule has 1 unspecified atom stereocenters. The molecule has 3 rings (SSSR count). The van der Waals surface area contributed by atoms with E-state index in [4.69, 9.17) is 5.73 Å². The van der Waals surface area contributed by atoms with Gasteiger partial charge in [0.15, 0.2) is 0 Å². The highest BCUT2D eigenvalue weighted by Crippen LogP contribution is 2.35. The highest BCUT2D eigenvalue weighted by atomic mass is 16.3. The van der Waals surface area contributed by atoms with E-state index in [0.717, 1.165) is 49.1 Å². The van der Waals surface area contributed by atoms with Gasteiger partial charge in [-0.3, -0.25) is 4.90 Å². The summed E-state index contributed by atoms with van der Waals surface area (Å²) in [5.41, 5.74) is 7.07. The predicted octanol–water partition coefficient (Wildman–Crippen LogP) is 2.18. The summed E-state index contributed by atoms with van der Waals surface area (Å²) < 4.78 is 0. The van der Waals surface area contributed by atoms with Gasteiger partial charge in [0, 0.05) is 38.3 Å². The Labute approximate surface area is 132 Å². The van der Waals surface area contributed by atoms with Crippen molar-refractivity contribution >= 4 is 10.8 Å². The molecule has 0 aliphatic carbocycles. The van der Waals surface area contributed by atoms with Gasteiger partial charge < -0.3 is 15.7 Å². The van der Waals surface area contributed by atoms with Crippen LogP contribution in [0.4, 0.5) is 0 Å². The molecule has 2 aromatic rings. The topological polar surface area (TPSA) is 52.7 Å². The number of benzene rings is 2. The molecule has 22 heavy (non-hydrogen) atoms. The average molecular weight is 299 g/mol. The number of piperazine rings is 1.